The molecule has 0 heterocycles. The SMILES string of the molecule is CCCNC(=O)C(C)NC(=O)C(CC)CN. The smallest absolute Gasteiger partial charge is 0.242 e. The quantitative estimate of drug-likeness (QED) is 0.574. The molecule has 94 valence electrons. The van der Waals surface area contributed by atoms with E-state index in [9.17, 15) is 9.59 Å². The van der Waals surface area contributed by atoms with Crippen LogP contribution in [0.5, 0.6) is 0 Å². The van der Waals surface area contributed by atoms with Crippen LogP contribution >= 0.6 is 0 Å². The molecule has 0 fully saturated rings. The molecule has 0 aromatic rings. The summed E-state index contributed by atoms with van der Waals surface area (Å²) in [7, 11) is 0. The van der Waals surface area contributed by atoms with Crippen LogP contribution in [-0.4, -0.2) is 30.9 Å². The van der Waals surface area contributed by atoms with Crippen LogP contribution in [0.25, 0.3) is 0 Å². The molecular formula is C11H23N3O2. The molecule has 5 nitrogen and oxygen atoms in total. The van der Waals surface area contributed by atoms with E-state index in [0.29, 0.717) is 19.5 Å². The third kappa shape index (κ3) is 5.11. The van der Waals surface area contributed by atoms with Crippen LogP contribution in [0.3, 0.4) is 0 Å². The zero-order valence-corrected chi connectivity index (χ0v) is 10.4. The van der Waals surface area contributed by atoms with Gasteiger partial charge in [0.05, 0.1) is 0 Å². The topological polar surface area (TPSA) is 84.2 Å². The lowest BCUT2D eigenvalue weighted by molar-refractivity contribution is -0.130. The fraction of sp³-hybridized carbons (Fsp3) is 0.818. The van der Waals surface area contributed by atoms with E-state index >= 15 is 0 Å². The Kier molecular flexibility index (Phi) is 7.54. The van der Waals surface area contributed by atoms with Gasteiger partial charge in [-0.2, -0.15) is 0 Å². The first-order chi connectivity index (χ1) is 7.56. The van der Waals surface area contributed by atoms with Crippen LogP contribution < -0.4 is 16.4 Å². The Morgan fingerprint density at radius 3 is 2.31 bits per heavy atom. The molecule has 0 rings (SSSR count). The molecule has 16 heavy (non-hydrogen) atoms. The van der Waals surface area contributed by atoms with Crippen molar-refractivity contribution in [2.24, 2.45) is 11.7 Å². The van der Waals surface area contributed by atoms with Crippen LogP contribution in [0.15, 0.2) is 0 Å². The summed E-state index contributed by atoms with van der Waals surface area (Å²) < 4.78 is 0. The molecule has 0 bridgehead atoms. The molecular weight excluding hydrogens is 206 g/mol. The van der Waals surface area contributed by atoms with Gasteiger partial charge < -0.3 is 16.4 Å². The molecule has 0 aliphatic carbocycles. The molecule has 0 saturated heterocycles. The van der Waals surface area contributed by atoms with Crippen LogP contribution in [0.1, 0.15) is 33.6 Å². The van der Waals surface area contributed by atoms with Gasteiger partial charge in [0.1, 0.15) is 6.04 Å². The Bertz CT molecular complexity index is 227. The summed E-state index contributed by atoms with van der Waals surface area (Å²) in [5.41, 5.74) is 5.45. The summed E-state index contributed by atoms with van der Waals surface area (Å²) in [6, 6.07) is -0.500. The maximum Gasteiger partial charge on any atom is 0.242 e. The maximum absolute atomic E-state index is 11.6. The highest BCUT2D eigenvalue weighted by molar-refractivity contribution is 5.88. The second kappa shape index (κ2) is 8.10. The molecule has 0 radical (unpaired) electrons. The number of nitrogens with one attached hydrogen (secondary N) is 2. The van der Waals surface area contributed by atoms with Gasteiger partial charge in [0.2, 0.25) is 11.8 Å². The first kappa shape index (κ1) is 14.9. The summed E-state index contributed by atoms with van der Waals surface area (Å²) >= 11 is 0. The molecule has 0 aliphatic heterocycles. The molecule has 4 N–H and O–H groups in total. The van der Waals surface area contributed by atoms with Crippen LogP contribution in [0.2, 0.25) is 0 Å². The van der Waals surface area contributed by atoms with Crippen molar-refractivity contribution in [3.8, 4) is 0 Å². The second-order valence-electron chi connectivity index (χ2n) is 3.86. The molecule has 0 aromatic heterocycles. The summed E-state index contributed by atoms with van der Waals surface area (Å²) in [5.74, 6) is -0.507. The van der Waals surface area contributed by atoms with E-state index in [1.165, 1.54) is 0 Å². The highest BCUT2D eigenvalue weighted by Gasteiger charge is 2.19. The van der Waals surface area contributed by atoms with Gasteiger partial charge in [-0.1, -0.05) is 13.8 Å². The normalized spacial score (nSPS) is 14.0. The van der Waals surface area contributed by atoms with E-state index in [0.717, 1.165) is 6.42 Å². The van der Waals surface area contributed by atoms with Gasteiger partial charge in [-0.05, 0) is 19.8 Å². The number of nitrogens with two attached hydrogens (primary N) is 1. The standard InChI is InChI=1S/C11H23N3O2/c1-4-6-13-10(15)8(3)14-11(16)9(5-2)7-12/h8-9H,4-7,12H2,1-3H3,(H,13,15)(H,14,16). The molecule has 5 heteroatoms. The molecule has 0 aromatic carbocycles. The monoisotopic (exact) mass is 229 g/mol. The van der Waals surface area contributed by atoms with Crippen LogP contribution in [0.4, 0.5) is 0 Å². The minimum Gasteiger partial charge on any atom is -0.354 e. The minimum absolute atomic E-state index is 0.149. The fourth-order valence-electron chi connectivity index (χ4n) is 1.26. The van der Waals surface area contributed by atoms with Gasteiger partial charge >= 0.3 is 0 Å². The third-order valence-corrected chi connectivity index (χ3v) is 2.45. The first-order valence-electron chi connectivity index (χ1n) is 5.84. The van der Waals surface area contributed by atoms with E-state index < -0.39 is 6.04 Å². The Hall–Kier alpha value is -1.10. The first-order valence-corrected chi connectivity index (χ1v) is 5.84. The number of rotatable bonds is 7. The van der Waals surface area contributed by atoms with Gasteiger partial charge in [0.15, 0.2) is 0 Å². The van der Waals surface area contributed by atoms with E-state index in [1.54, 1.807) is 6.92 Å². The summed E-state index contributed by atoms with van der Waals surface area (Å²) in [4.78, 5) is 23.1. The van der Waals surface area contributed by atoms with E-state index in [1.807, 2.05) is 13.8 Å². The Morgan fingerprint density at radius 1 is 1.25 bits per heavy atom. The van der Waals surface area contributed by atoms with Gasteiger partial charge in [-0.15, -0.1) is 0 Å². The molecule has 2 atom stereocenters. The zero-order chi connectivity index (χ0) is 12.6. The number of carbonyl (C=O) groups is 2. The van der Waals surface area contributed by atoms with Crippen molar-refractivity contribution < 1.29 is 9.59 Å². The van der Waals surface area contributed by atoms with Crippen molar-refractivity contribution in [1.29, 1.82) is 0 Å². The van der Waals surface area contributed by atoms with Gasteiger partial charge in [0.25, 0.3) is 0 Å². The highest BCUT2D eigenvalue weighted by Crippen LogP contribution is 2.00. The summed E-state index contributed by atoms with van der Waals surface area (Å²) in [6.07, 6.45) is 1.57. The lowest BCUT2D eigenvalue weighted by atomic mass is 10.1. The van der Waals surface area contributed by atoms with Crippen molar-refractivity contribution in [3.63, 3.8) is 0 Å². The van der Waals surface area contributed by atoms with Crippen molar-refractivity contribution in [2.75, 3.05) is 13.1 Å². The predicted molar refractivity (Wildman–Crippen MR) is 63.7 cm³/mol. The molecule has 0 spiro atoms. The average molecular weight is 229 g/mol. The number of hydrogen-bond acceptors (Lipinski definition) is 3. The Morgan fingerprint density at radius 2 is 1.88 bits per heavy atom. The van der Waals surface area contributed by atoms with Gasteiger partial charge in [-0.3, -0.25) is 9.59 Å². The maximum atomic E-state index is 11.6. The molecule has 2 amide bonds. The van der Waals surface area contributed by atoms with E-state index in [4.69, 9.17) is 5.73 Å². The Labute approximate surface area is 97.2 Å². The van der Waals surface area contributed by atoms with Crippen LogP contribution in [-0.2, 0) is 9.59 Å². The minimum atomic E-state index is -0.500. The molecule has 2 unspecified atom stereocenters. The zero-order valence-electron chi connectivity index (χ0n) is 10.4. The second-order valence-corrected chi connectivity index (χ2v) is 3.86. The number of carbonyl (C=O) groups excluding carboxylic acids is 2. The largest absolute Gasteiger partial charge is 0.354 e. The Balaban J connectivity index is 4.07. The van der Waals surface area contributed by atoms with Crippen molar-refractivity contribution in [2.45, 2.75) is 39.7 Å². The predicted octanol–water partition coefficient (Wildman–Crippen LogP) is 0.00220. The lowest BCUT2D eigenvalue weighted by Gasteiger charge is -2.17. The van der Waals surface area contributed by atoms with Gasteiger partial charge in [-0.25, -0.2) is 0 Å². The highest BCUT2D eigenvalue weighted by atomic mass is 16.2. The van der Waals surface area contributed by atoms with Gasteiger partial charge in [0, 0.05) is 19.0 Å². The summed E-state index contributed by atoms with van der Waals surface area (Å²) in [6.45, 7) is 6.49. The fourth-order valence-corrected chi connectivity index (χ4v) is 1.26. The van der Waals surface area contributed by atoms with Crippen LogP contribution in [0, 0.1) is 5.92 Å². The average Bonchev–Trinajstić information content (AvgIpc) is 2.27. The number of amides is 2. The van der Waals surface area contributed by atoms with Crippen molar-refractivity contribution >= 4 is 11.8 Å². The molecule has 0 aliphatic rings. The summed E-state index contributed by atoms with van der Waals surface area (Å²) in [5, 5.41) is 5.39. The van der Waals surface area contributed by atoms with E-state index in [2.05, 4.69) is 10.6 Å². The number of hydrogen-bond donors (Lipinski definition) is 3. The van der Waals surface area contributed by atoms with E-state index in [-0.39, 0.29) is 17.7 Å². The lowest BCUT2D eigenvalue weighted by Crippen LogP contribution is -2.47. The third-order valence-electron chi connectivity index (χ3n) is 2.45. The molecule has 0 saturated carbocycles. The van der Waals surface area contributed by atoms with Crippen molar-refractivity contribution in [1.82, 2.24) is 10.6 Å². The van der Waals surface area contributed by atoms with Crippen molar-refractivity contribution in [3.05, 3.63) is 0 Å².